The second-order valence-electron chi connectivity index (χ2n) is 9.53. The van der Waals surface area contributed by atoms with Gasteiger partial charge in [0.05, 0.1) is 25.1 Å². The fraction of sp³-hybridized carbons (Fsp3) is 0.250. The highest BCUT2D eigenvalue weighted by Gasteiger charge is 2.33. The molecule has 3 aliphatic heterocycles. The molecule has 6 rings (SSSR count). The van der Waals surface area contributed by atoms with Gasteiger partial charge >= 0.3 is 6.15 Å². The van der Waals surface area contributed by atoms with Crippen LogP contribution in [-0.2, 0) is 9.59 Å². The van der Waals surface area contributed by atoms with E-state index in [4.69, 9.17) is 14.0 Å². The number of carbonyl (C=O) groups is 1. The summed E-state index contributed by atoms with van der Waals surface area (Å²) in [5.41, 5.74) is -1.56. The van der Waals surface area contributed by atoms with Crippen LogP contribution in [0.15, 0.2) is 40.8 Å². The van der Waals surface area contributed by atoms with E-state index in [0.717, 1.165) is 6.92 Å². The Kier molecular flexibility index (Phi) is 6.89. The largest absolute Gasteiger partial charge is 0.545 e. The van der Waals surface area contributed by atoms with Crippen LogP contribution in [0.4, 0.5) is 27.6 Å². The van der Waals surface area contributed by atoms with Gasteiger partial charge in [0.15, 0.2) is 24.7 Å². The molecule has 4 aliphatic rings. The summed E-state index contributed by atoms with van der Waals surface area (Å²) in [5, 5.41) is 12.8. The molecule has 0 aromatic heterocycles. The van der Waals surface area contributed by atoms with Crippen LogP contribution in [-0.4, -0.2) is 50.6 Å². The second kappa shape index (κ2) is 10.2. The molecule has 2 fully saturated rings. The van der Waals surface area contributed by atoms with E-state index in [0.29, 0.717) is 11.0 Å². The third-order valence-electron chi connectivity index (χ3n) is 7.09. The molecule has 1 aliphatic carbocycles. The third kappa shape index (κ3) is 4.40. The lowest BCUT2D eigenvalue weighted by Gasteiger charge is -2.36. The van der Waals surface area contributed by atoms with E-state index in [1.165, 1.54) is 0 Å². The van der Waals surface area contributed by atoms with E-state index in [-0.39, 0.29) is 60.2 Å². The topological polar surface area (TPSA) is 93.7 Å². The fourth-order valence-corrected chi connectivity index (χ4v) is 5.01. The molecule has 12 heteroatoms. The normalized spacial score (nSPS) is 16.7. The Balaban J connectivity index is 0.00000103. The van der Waals surface area contributed by atoms with E-state index < -0.39 is 52.5 Å². The van der Waals surface area contributed by atoms with Crippen LogP contribution in [0.2, 0.25) is 0 Å². The highest BCUT2D eigenvalue weighted by atomic mass is 19.2. The Morgan fingerprint density at radius 1 is 0.975 bits per heavy atom. The number of fused-ring (bicyclic) bond motifs is 2. The number of rotatable bonds is 3. The molecule has 0 saturated carbocycles. The molecule has 0 atom stereocenters. The summed E-state index contributed by atoms with van der Waals surface area (Å²) in [5.74, 6) is -6.47. The van der Waals surface area contributed by atoms with Crippen molar-refractivity contribution >= 4 is 28.8 Å². The highest BCUT2D eigenvalue weighted by molar-refractivity contribution is 6.08. The van der Waals surface area contributed by atoms with Gasteiger partial charge in [0.1, 0.15) is 23.3 Å². The number of carboxylic acids is 1. The van der Waals surface area contributed by atoms with Crippen LogP contribution in [0.1, 0.15) is 15.9 Å². The Labute approximate surface area is 222 Å². The summed E-state index contributed by atoms with van der Waals surface area (Å²) < 4.78 is 79.7. The van der Waals surface area contributed by atoms with Crippen molar-refractivity contribution in [3.63, 3.8) is 0 Å². The zero-order chi connectivity index (χ0) is 28.9. The molecule has 3 heterocycles. The maximum absolute atomic E-state index is 15.6. The van der Waals surface area contributed by atoms with Crippen LogP contribution < -0.4 is 19.9 Å². The number of hydrogen-bond donors (Lipinski definition) is 0. The Morgan fingerprint density at radius 3 is 2.25 bits per heavy atom. The molecule has 0 radical (unpaired) electrons. The Morgan fingerprint density at radius 2 is 1.65 bits per heavy atom. The fourth-order valence-electron chi connectivity index (χ4n) is 5.01. The van der Waals surface area contributed by atoms with E-state index in [1.54, 1.807) is 45.9 Å². The molecule has 0 spiro atoms. The van der Waals surface area contributed by atoms with Crippen molar-refractivity contribution in [1.82, 2.24) is 4.58 Å². The molecule has 0 bridgehead atoms. The van der Waals surface area contributed by atoms with Gasteiger partial charge in [-0.25, -0.2) is 26.5 Å². The SMILES string of the molecule is Cc1c(F)c(F)c(C(=O)[O-])c(-c2c3ccc(=[N+]4CC(F)C4)cc-3oc3cc(N4CC(F)C4)ccc23)c1F.O=C=O. The monoisotopic (exact) mass is 558 g/mol. The summed E-state index contributed by atoms with van der Waals surface area (Å²) in [4.78, 5) is 30.0. The van der Waals surface area contributed by atoms with Crippen LogP contribution in [0.5, 0.6) is 0 Å². The Bertz CT molecular complexity index is 1750. The van der Waals surface area contributed by atoms with E-state index >= 15 is 4.39 Å². The van der Waals surface area contributed by atoms with E-state index in [9.17, 15) is 27.5 Å². The van der Waals surface area contributed by atoms with Gasteiger partial charge in [-0.1, -0.05) is 0 Å². The minimum atomic E-state index is -2.08. The number of carbonyl (C=O) groups excluding carboxylic acids is 3. The van der Waals surface area contributed by atoms with Gasteiger partial charge < -0.3 is 19.2 Å². The van der Waals surface area contributed by atoms with Crippen LogP contribution in [0, 0.1) is 24.4 Å². The quantitative estimate of drug-likeness (QED) is 0.166. The molecule has 40 heavy (non-hydrogen) atoms. The molecule has 7 nitrogen and oxygen atoms in total. The zero-order valence-electron chi connectivity index (χ0n) is 20.8. The molecular formula is C28H19F5N2O5. The molecule has 2 saturated heterocycles. The lowest BCUT2D eigenvalue weighted by Crippen LogP contribution is -2.50. The number of anilines is 1. The van der Waals surface area contributed by atoms with Crippen molar-refractivity contribution in [2.45, 2.75) is 19.3 Å². The number of hydrogen-bond acceptors (Lipinski definition) is 6. The number of aromatic carboxylic acids is 1. The van der Waals surface area contributed by atoms with E-state index in [1.807, 2.05) is 0 Å². The Hall–Kier alpha value is -4.57. The first-order chi connectivity index (χ1) is 19.0. The lowest BCUT2D eigenvalue weighted by molar-refractivity contribution is -0.255. The summed E-state index contributed by atoms with van der Waals surface area (Å²) in [6.45, 7) is 1.74. The predicted molar refractivity (Wildman–Crippen MR) is 129 cm³/mol. The van der Waals surface area contributed by atoms with E-state index in [2.05, 4.69) is 0 Å². The lowest BCUT2D eigenvalue weighted by atomic mass is 9.88. The maximum atomic E-state index is 15.6. The van der Waals surface area contributed by atoms with Gasteiger partial charge in [-0.15, -0.1) is 0 Å². The van der Waals surface area contributed by atoms with Gasteiger partial charge in [0, 0.05) is 51.0 Å². The van der Waals surface area contributed by atoms with Crippen LogP contribution in [0.25, 0.3) is 33.4 Å². The highest BCUT2D eigenvalue weighted by Crippen LogP contribution is 2.44. The van der Waals surface area contributed by atoms with Crippen molar-refractivity contribution < 1.29 is 45.9 Å². The molecular weight excluding hydrogens is 539 g/mol. The van der Waals surface area contributed by atoms with Crippen molar-refractivity contribution in [1.29, 1.82) is 0 Å². The molecule has 206 valence electrons. The second-order valence-corrected chi connectivity index (χ2v) is 9.53. The predicted octanol–water partition coefficient (Wildman–Crippen LogP) is 2.99. The van der Waals surface area contributed by atoms with Gasteiger partial charge in [-0.05, 0) is 25.1 Å². The van der Waals surface area contributed by atoms with Crippen LogP contribution in [0.3, 0.4) is 0 Å². The summed E-state index contributed by atoms with van der Waals surface area (Å²) in [6.07, 6.45) is -1.69. The van der Waals surface area contributed by atoms with Crippen LogP contribution >= 0.6 is 0 Å². The van der Waals surface area contributed by atoms with Crippen molar-refractivity contribution in [3.8, 4) is 22.5 Å². The maximum Gasteiger partial charge on any atom is 0.373 e. The standard InChI is InChI=1S/C27H19F5N2O3.CO2/c1-12-24(30)22(23(27(35)36)26(32)25(12)31)21-17-4-2-15(33-8-13(28)9-33)6-19(17)37-20-7-16(3-5-18(20)21)34-10-14(29)11-34;2-1-3/h2-7,13-14H,8-11H2,1H3;. The number of benzene rings is 3. The number of carboxylic acid groups (broad SMARTS) is 1. The average Bonchev–Trinajstić information content (AvgIpc) is 2.88. The molecule has 2 aromatic rings. The summed E-state index contributed by atoms with van der Waals surface area (Å²) in [7, 11) is 0. The summed E-state index contributed by atoms with van der Waals surface area (Å²) in [6, 6.07) is 9.56. The first kappa shape index (κ1) is 27.0. The zero-order valence-corrected chi connectivity index (χ0v) is 20.8. The summed E-state index contributed by atoms with van der Waals surface area (Å²) >= 11 is 0. The molecule has 0 N–H and O–H groups in total. The van der Waals surface area contributed by atoms with Gasteiger partial charge in [0.2, 0.25) is 11.5 Å². The number of nitrogens with zero attached hydrogens (tertiary/aromatic N) is 2. The minimum Gasteiger partial charge on any atom is -0.545 e. The first-order valence-electron chi connectivity index (χ1n) is 12.0. The molecule has 2 aromatic carbocycles. The first-order valence-corrected chi connectivity index (χ1v) is 12.0. The van der Waals surface area contributed by atoms with Crippen molar-refractivity contribution in [2.75, 3.05) is 31.1 Å². The molecule has 0 amide bonds. The average molecular weight is 558 g/mol. The number of halogens is 5. The molecule has 0 unspecified atom stereocenters. The third-order valence-corrected chi connectivity index (χ3v) is 7.09. The van der Waals surface area contributed by atoms with Gasteiger partial charge in [-0.3, -0.25) is 0 Å². The van der Waals surface area contributed by atoms with Gasteiger partial charge in [-0.2, -0.15) is 9.59 Å². The van der Waals surface area contributed by atoms with Crippen molar-refractivity contribution in [3.05, 3.63) is 70.3 Å². The smallest absolute Gasteiger partial charge is 0.373 e. The minimum absolute atomic E-state index is 0.0213. The number of alkyl halides is 2. The van der Waals surface area contributed by atoms with Crippen molar-refractivity contribution in [2.24, 2.45) is 0 Å². The van der Waals surface area contributed by atoms with Gasteiger partial charge in [0.25, 0.3) is 0 Å².